The van der Waals surface area contributed by atoms with Crippen molar-refractivity contribution in [2.75, 3.05) is 31.6 Å². The highest BCUT2D eigenvalue weighted by atomic mass is 127. The first kappa shape index (κ1) is 16.2. The SMILES string of the molecule is CCCCOCCOC(CCl)C(I)CCl. The van der Waals surface area contributed by atoms with Crippen LogP contribution in [0.5, 0.6) is 0 Å². The number of hydrogen-bond acceptors (Lipinski definition) is 2. The molecule has 0 aromatic carbocycles. The highest BCUT2D eigenvalue weighted by Crippen LogP contribution is 2.13. The molecule has 0 saturated carbocycles. The van der Waals surface area contributed by atoms with Gasteiger partial charge in [0.25, 0.3) is 0 Å². The molecule has 0 N–H and O–H groups in total. The molecule has 0 aliphatic heterocycles. The monoisotopic (exact) mass is 368 g/mol. The molecule has 0 radical (unpaired) electrons. The van der Waals surface area contributed by atoms with E-state index in [1.807, 2.05) is 0 Å². The van der Waals surface area contributed by atoms with Crippen molar-refractivity contribution in [1.29, 1.82) is 0 Å². The Morgan fingerprint density at radius 1 is 1.13 bits per heavy atom. The molecule has 0 aromatic rings. The molecule has 0 aliphatic carbocycles. The molecule has 2 atom stereocenters. The van der Waals surface area contributed by atoms with Gasteiger partial charge in [0.15, 0.2) is 0 Å². The average molecular weight is 369 g/mol. The lowest BCUT2D eigenvalue weighted by Gasteiger charge is -2.19. The van der Waals surface area contributed by atoms with Gasteiger partial charge in [0.2, 0.25) is 0 Å². The van der Waals surface area contributed by atoms with Gasteiger partial charge in [-0.05, 0) is 6.42 Å². The molecular weight excluding hydrogens is 350 g/mol. The van der Waals surface area contributed by atoms with Crippen LogP contribution in [-0.4, -0.2) is 41.6 Å². The second kappa shape index (κ2) is 11.7. The fourth-order valence-electron chi connectivity index (χ4n) is 0.952. The Bertz CT molecular complexity index is 139. The Hall–Kier alpha value is 1.23. The summed E-state index contributed by atoms with van der Waals surface area (Å²) in [4.78, 5) is 0. The number of alkyl halides is 3. The molecule has 0 rings (SSSR count). The molecule has 0 saturated heterocycles. The predicted molar refractivity (Wildman–Crippen MR) is 74.7 cm³/mol. The predicted octanol–water partition coefficient (Wildman–Crippen LogP) is 3.47. The summed E-state index contributed by atoms with van der Waals surface area (Å²) in [6, 6.07) is 0. The quantitative estimate of drug-likeness (QED) is 0.334. The Labute approximate surface area is 116 Å². The molecule has 0 aliphatic rings. The lowest BCUT2D eigenvalue weighted by atomic mass is 10.3. The molecule has 0 amide bonds. The second-order valence-corrected chi connectivity index (χ2v) is 5.42. The Morgan fingerprint density at radius 3 is 2.40 bits per heavy atom. The van der Waals surface area contributed by atoms with Crippen LogP contribution in [0.15, 0.2) is 0 Å². The minimum atomic E-state index is 0.0274. The molecular formula is C10H19Cl2IO2. The van der Waals surface area contributed by atoms with Crippen LogP contribution < -0.4 is 0 Å². The van der Waals surface area contributed by atoms with Crippen LogP contribution in [0, 0.1) is 0 Å². The topological polar surface area (TPSA) is 18.5 Å². The smallest absolute Gasteiger partial charge is 0.0840 e. The van der Waals surface area contributed by atoms with E-state index in [4.69, 9.17) is 32.7 Å². The van der Waals surface area contributed by atoms with Gasteiger partial charge in [-0.25, -0.2) is 0 Å². The van der Waals surface area contributed by atoms with Crippen molar-refractivity contribution in [3.63, 3.8) is 0 Å². The molecule has 0 bridgehead atoms. The van der Waals surface area contributed by atoms with Crippen molar-refractivity contribution in [2.45, 2.75) is 29.8 Å². The zero-order valence-electron chi connectivity index (χ0n) is 9.05. The van der Waals surface area contributed by atoms with E-state index in [-0.39, 0.29) is 10.0 Å². The molecule has 15 heavy (non-hydrogen) atoms. The number of ether oxygens (including phenoxy) is 2. The summed E-state index contributed by atoms with van der Waals surface area (Å²) in [7, 11) is 0. The summed E-state index contributed by atoms with van der Waals surface area (Å²) in [5.41, 5.74) is 0. The van der Waals surface area contributed by atoms with Crippen molar-refractivity contribution >= 4 is 45.8 Å². The fraction of sp³-hybridized carbons (Fsp3) is 1.00. The van der Waals surface area contributed by atoms with Crippen molar-refractivity contribution in [1.82, 2.24) is 0 Å². The number of unbranched alkanes of at least 4 members (excludes halogenated alkanes) is 1. The maximum Gasteiger partial charge on any atom is 0.0840 e. The first-order valence-corrected chi connectivity index (χ1v) is 7.53. The van der Waals surface area contributed by atoms with Gasteiger partial charge in [-0.3, -0.25) is 0 Å². The van der Waals surface area contributed by atoms with Gasteiger partial charge < -0.3 is 9.47 Å². The van der Waals surface area contributed by atoms with Crippen LogP contribution in [0.2, 0.25) is 0 Å². The minimum Gasteiger partial charge on any atom is -0.379 e. The van der Waals surface area contributed by atoms with Gasteiger partial charge in [-0.2, -0.15) is 0 Å². The lowest BCUT2D eigenvalue weighted by Crippen LogP contribution is -2.28. The van der Waals surface area contributed by atoms with E-state index in [0.717, 1.165) is 19.4 Å². The first-order chi connectivity index (χ1) is 7.26. The Morgan fingerprint density at radius 2 is 1.87 bits per heavy atom. The van der Waals surface area contributed by atoms with Crippen molar-refractivity contribution in [2.24, 2.45) is 0 Å². The zero-order valence-corrected chi connectivity index (χ0v) is 12.7. The maximum absolute atomic E-state index is 5.77. The van der Waals surface area contributed by atoms with Crippen LogP contribution in [0.1, 0.15) is 19.8 Å². The second-order valence-electron chi connectivity index (χ2n) is 3.20. The third-order valence-electron chi connectivity index (χ3n) is 1.90. The molecule has 92 valence electrons. The summed E-state index contributed by atoms with van der Waals surface area (Å²) < 4.78 is 11.2. The summed E-state index contributed by atoms with van der Waals surface area (Å²) in [6.07, 6.45) is 2.29. The fourth-order valence-corrected chi connectivity index (χ4v) is 2.22. The van der Waals surface area contributed by atoms with Crippen LogP contribution in [-0.2, 0) is 9.47 Å². The highest BCUT2D eigenvalue weighted by Gasteiger charge is 2.17. The molecule has 0 fully saturated rings. The number of hydrogen-bond donors (Lipinski definition) is 0. The third kappa shape index (κ3) is 8.98. The van der Waals surface area contributed by atoms with Gasteiger partial charge in [0, 0.05) is 18.4 Å². The van der Waals surface area contributed by atoms with E-state index in [0.29, 0.717) is 25.0 Å². The van der Waals surface area contributed by atoms with E-state index in [2.05, 4.69) is 29.5 Å². The lowest BCUT2D eigenvalue weighted by molar-refractivity contribution is 0.0158. The molecule has 2 unspecified atom stereocenters. The minimum absolute atomic E-state index is 0.0274. The Balaban J connectivity index is 3.38. The number of rotatable bonds is 10. The van der Waals surface area contributed by atoms with E-state index in [9.17, 15) is 0 Å². The van der Waals surface area contributed by atoms with Gasteiger partial charge in [-0.1, -0.05) is 35.9 Å². The van der Waals surface area contributed by atoms with Crippen LogP contribution >= 0.6 is 45.8 Å². The summed E-state index contributed by atoms with van der Waals surface area (Å²) >= 11 is 13.8. The summed E-state index contributed by atoms with van der Waals surface area (Å²) in [6.45, 7) is 4.19. The molecule has 5 heteroatoms. The molecule has 2 nitrogen and oxygen atoms in total. The van der Waals surface area contributed by atoms with E-state index >= 15 is 0 Å². The third-order valence-corrected chi connectivity index (χ3v) is 4.30. The normalized spacial score (nSPS) is 15.2. The van der Waals surface area contributed by atoms with E-state index in [1.54, 1.807) is 0 Å². The van der Waals surface area contributed by atoms with E-state index < -0.39 is 0 Å². The van der Waals surface area contributed by atoms with Crippen LogP contribution in [0.25, 0.3) is 0 Å². The molecule has 0 aromatic heterocycles. The average Bonchev–Trinajstić information content (AvgIpc) is 2.27. The van der Waals surface area contributed by atoms with Crippen molar-refractivity contribution in [3.8, 4) is 0 Å². The van der Waals surface area contributed by atoms with Gasteiger partial charge in [0.05, 0.1) is 23.2 Å². The molecule has 0 spiro atoms. The Kier molecular flexibility index (Phi) is 12.7. The standard InChI is InChI=1S/C10H19Cl2IO2/c1-2-3-4-14-5-6-15-10(8-12)9(13)7-11/h9-10H,2-8H2,1H3. The zero-order chi connectivity index (χ0) is 11.5. The van der Waals surface area contributed by atoms with Crippen molar-refractivity contribution in [3.05, 3.63) is 0 Å². The highest BCUT2D eigenvalue weighted by molar-refractivity contribution is 14.1. The van der Waals surface area contributed by atoms with E-state index in [1.165, 1.54) is 0 Å². The number of halogens is 3. The first-order valence-electron chi connectivity index (χ1n) is 5.21. The van der Waals surface area contributed by atoms with Gasteiger partial charge in [0.1, 0.15) is 0 Å². The van der Waals surface area contributed by atoms with Crippen LogP contribution in [0.4, 0.5) is 0 Å². The van der Waals surface area contributed by atoms with Crippen LogP contribution in [0.3, 0.4) is 0 Å². The molecule has 0 heterocycles. The van der Waals surface area contributed by atoms with Crippen molar-refractivity contribution < 1.29 is 9.47 Å². The van der Waals surface area contributed by atoms with Gasteiger partial charge >= 0.3 is 0 Å². The summed E-state index contributed by atoms with van der Waals surface area (Å²) in [5.74, 6) is 1.05. The largest absolute Gasteiger partial charge is 0.379 e. The van der Waals surface area contributed by atoms with Gasteiger partial charge in [-0.15, -0.1) is 23.2 Å². The summed E-state index contributed by atoms with van der Waals surface area (Å²) in [5, 5.41) is 0. The maximum atomic E-state index is 5.77.